The molecular formula is C23H28N2O8S. The van der Waals surface area contributed by atoms with Gasteiger partial charge in [0.15, 0.2) is 6.61 Å². The Kier molecular flexibility index (Phi) is 9.02. The highest BCUT2D eigenvalue weighted by molar-refractivity contribution is 7.18. The highest BCUT2D eigenvalue weighted by Gasteiger charge is 2.27. The molecule has 1 aromatic heterocycles. The fraction of sp³-hybridized carbons (Fsp3) is 0.391. The Hall–Kier alpha value is -3.60. The maximum Gasteiger partial charge on any atom is 0.341 e. The highest BCUT2D eigenvalue weighted by atomic mass is 32.1. The van der Waals surface area contributed by atoms with Crippen molar-refractivity contribution in [2.24, 2.45) is 0 Å². The third-order valence-electron chi connectivity index (χ3n) is 4.80. The van der Waals surface area contributed by atoms with Gasteiger partial charge in [-0.1, -0.05) is 0 Å². The molecule has 0 bridgehead atoms. The molecular weight excluding hydrogens is 464 g/mol. The van der Waals surface area contributed by atoms with Crippen molar-refractivity contribution < 1.29 is 38.1 Å². The number of hydrogen-bond acceptors (Lipinski definition) is 9. The van der Waals surface area contributed by atoms with Gasteiger partial charge in [-0.2, -0.15) is 0 Å². The molecule has 0 spiro atoms. The number of amides is 2. The number of nitrogens with zero attached hydrogens (tertiary/aromatic N) is 1. The monoisotopic (exact) mass is 492 g/mol. The molecule has 0 fully saturated rings. The van der Waals surface area contributed by atoms with Crippen LogP contribution >= 0.6 is 11.3 Å². The number of carbonyl (C=O) groups is 4. The van der Waals surface area contributed by atoms with Crippen LogP contribution in [0.3, 0.4) is 0 Å². The van der Waals surface area contributed by atoms with Crippen LogP contribution in [-0.2, 0) is 14.3 Å². The van der Waals surface area contributed by atoms with Gasteiger partial charge in [0, 0.05) is 19.7 Å². The summed E-state index contributed by atoms with van der Waals surface area (Å²) in [6.07, 6.45) is 0. The van der Waals surface area contributed by atoms with Crippen molar-refractivity contribution in [1.82, 2.24) is 4.90 Å². The second-order valence-electron chi connectivity index (χ2n) is 7.31. The Morgan fingerprint density at radius 1 is 0.941 bits per heavy atom. The van der Waals surface area contributed by atoms with Crippen LogP contribution in [0.2, 0.25) is 0 Å². The molecule has 10 nitrogen and oxygen atoms in total. The molecule has 1 heterocycles. The van der Waals surface area contributed by atoms with Crippen LogP contribution in [0, 0.1) is 13.8 Å². The van der Waals surface area contributed by atoms with Crippen molar-refractivity contribution >= 4 is 40.1 Å². The van der Waals surface area contributed by atoms with Crippen LogP contribution in [0.4, 0.5) is 5.00 Å². The normalized spacial score (nSPS) is 10.3. The average Bonchev–Trinajstić information content (AvgIpc) is 3.12. The molecule has 0 saturated carbocycles. The molecule has 0 aliphatic carbocycles. The molecule has 2 rings (SSSR count). The first-order chi connectivity index (χ1) is 16.0. The van der Waals surface area contributed by atoms with Crippen LogP contribution in [0.25, 0.3) is 0 Å². The number of methoxy groups -OCH3 is 2. The fourth-order valence-corrected chi connectivity index (χ4v) is 4.27. The van der Waals surface area contributed by atoms with E-state index in [2.05, 4.69) is 5.32 Å². The standard InChI is InChI=1S/C23H28N2O8S/c1-8-32-23(29)18-13(3)19(21(27)25(4)5)34-20(18)24-17(26)11-33-22(28)14-9-15(30-6)12(2)16(10-14)31-7/h9-10H,8,11H2,1-7H3,(H,24,26). The lowest BCUT2D eigenvalue weighted by Crippen LogP contribution is -2.22. The molecule has 1 aromatic carbocycles. The largest absolute Gasteiger partial charge is 0.496 e. The number of nitrogens with one attached hydrogen (secondary N) is 1. The van der Waals surface area contributed by atoms with E-state index in [1.165, 1.54) is 31.3 Å². The van der Waals surface area contributed by atoms with Gasteiger partial charge in [-0.05, 0) is 38.5 Å². The Bertz CT molecular complexity index is 1080. The van der Waals surface area contributed by atoms with Gasteiger partial charge < -0.3 is 29.2 Å². The quantitative estimate of drug-likeness (QED) is 0.531. The van der Waals surface area contributed by atoms with E-state index in [0.29, 0.717) is 27.5 Å². The topological polar surface area (TPSA) is 120 Å². The number of carbonyl (C=O) groups excluding carboxylic acids is 4. The molecule has 0 unspecified atom stereocenters. The molecule has 2 aromatic rings. The first-order valence-electron chi connectivity index (χ1n) is 10.3. The fourth-order valence-electron chi connectivity index (χ4n) is 3.04. The number of anilines is 1. The third kappa shape index (κ3) is 5.84. The number of benzene rings is 1. The zero-order valence-electron chi connectivity index (χ0n) is 20.2. The molecule has 0 saturated heterocycles. The lowest BCUT2D eigenvalue weighted by atomic mass is 10.1. The van der Waals surface area contributed by atoms with Crippen molar-refractivity contribution in [2.45, 2.75) is 20.8 Å². The minimum Gasteiger partial charge on any atom is -0.496 e. The van der Waals surface area contributed by atoms with Gasteiger partial charge >= 0.3 is 11.9 Å². The first-order valence-corrected chi connectivity index (χ1v) is 11.1. The van der Waals surface area contributed by atoms with Gasteiger partial charge in [-0.25, -0.2) is 9.59 Å². The lowest BCUT2D eigenvalue weighted by Gasteiger charge is -2.12. The summed E-state index contributed by atoms with van der Waals surface area (Å²) in [5.74, 6) is -1.57. The van der Waals surface area contributed by atoms with Crippen molar-refractivity contribution in [3.63, 3.8) is 0 Å². The highest BCUT2D eigenvalue weighted by Crippen LogP contribution is 2.34. The van der Waals surface area contributed by atoms with Crippen LogP contribution in [0.1, 0.15) is 48.4 Å². The predicted octanol–water partition coefficient (Wildman–Crippen LogP) is 3.06. The van der Waals surface area contributed by atoms with E-state index in [9.17, 15) is 19.2 Å². The number of ether oxygens (including phenoxy) is 4. The van der Waals surface area contributed by atoms with Crippen LogP contribution < -0.4 is 14.8 Å². The number of hydrogen-bond donors (Lipinski definition) is 1. The van der Waals surface area contributed by atoms with E-state index in [1.807, 2.05) is 0 Å². The van der Waals surface area contributed by atoms with E-state index in [1.54, 1.807) is 34.9 Å². The van der Waals surface area contributed by atoms with Crippen molar-refractivity contribution in [3.05, 3.63) is 39.3 Å². The summed E-state index contributed by atoms with van der Waals surface area (Å²) in [5, 5.41) is 2.69. The van der Waals surface area contributed by atoms with E-state index < -0.39 is 24.5 Å². The van der Waals surface area contributed by atoms with E-state index in [0.717, 1.165) is 11.3 Å². The summed E-state index contributed by atoms with van der Waals surface area (Å²) in [7, 11) is 6.09. The van der Waals surface area contributed by atoms with Gasteiger partial charge in [0.1, 0.15) is 16.5 Å². The summed E-state index contributed by atoms with van der Waals surface area (Å²) < 4.78 is 20.7. The summed E-state index contributed by atoms with van der Waals surface area (Å²) in [6.45, 7) is 4.54. The molecule has 1 N–H and O–H groups in total. The third-order valence-corrected chi connectivity index (χ3v) is 6.00. The Balaban J connectivity index is 2.21. The van der Waals surface area contributed by atoms with Gasteiger partial charge in [-0.15, -0.1) is 11.3 Å². The molecule has 0 aliphatic rings. The van der Waals surface area contributed by atoms with Gasteiger partial charge in [0.2, 0.25) is 0 Å². The van der Waals surface area contributed by atoms with Crippen LogP contribution in [0.15, 0.2) is 12.1 Å². The number of thiophene rings is 1. The minimum absolute atomic E-state index is 0.0877. The first kappa shape index (κ1) is 26.7. The predicted molar refractivity (Wildman–Crippen MR) is 126 cm³/mol. The molecule has 184 valence electrons. The second kappa shape index (κ2) is 11.5. The van der Waals surface area contributed by atoms with E-state index >= 15 is 0 Å². The van der Waals surface area contributed by atoms with Gasteiger partial charge in [0.05, 0.1) is 36.8 Å². The lowest BCUT2D eigenvalue weighted by molar-refractivity contribution is -0.119. The van der Waals surface area contributed by atoms with E-state index in [4.69, 9.17) is 18.9 Å². The van der Waals surface area contributed by atoms with Gasteiger partial charge in [0.25, 0.3) is 11.8 Å². The Morgan fingerprint density at radius 3 is 2.03 bits per heavy atom. The number of esters is 2. The summed E-state index contributed by atoms with van der Waals surface area (Å²) in [6, 6.07) is 2.97. The van der Waals surface area contributed by atoms with Gasteiger partial charge in [-0.3, -0.25) is 9.59 Å². The number of rotatable bonds is 9. The maximum absolute atomic E-state index is 12.5. The zero-order chi connectivity index (χ0) is 25.6. The van der Waals surface area contributed by atoms with Crippen molar-refractivity contribution in [3.8, 4) is 11.5 Å². The second-order valence-corrected chi connectivity index (χ2v) is 8.33. The SMILES string of the molecule is CCOC(=O)c1c(NC(=O)COC(=O)c2cc(OC)c(C)c(OC)c2)sc(C(=O)N(C)C)c1C. The molecule has 0 atom stereocenters. The smallest absolute Gasteiger partial charge is 0.341 e. The van der Waals surface area contributed by atoms with Crippen molar-refractivity contribution in [1.29, 1.82) is 0 Å². The molecule has 34 heavy (non-hydrogen) atoms. The Labute approximate surface area is 201 Å². The minimum atomic E-state index is -0.761. The maximum atomic E-state index is 12.5. The molecule has 11 heteroatoms. The molecule has 2 amide bonds. The zero-order valence-corrected chi connectivity index (χ0v) is 21.0. The molecule has 0 aliphatic heterocycles. The summed E-state index contributed by atoms with van der Waals surface area (Å²) >= 11 is 0.950. The average molecular weight is 493 g/mol. The summed E-state index contributed by atoms with van der Waals surface area (Å²) in [4.78, 5) is 51.6. The summed E-state index contributed by atoms with van der Waals surface area (Å²) in [5.41, 5.74) is 1.34. The molecule has 0 radical (unpaired) electrons. The van der Waals surface area contributed by atoms with Crippen LogP contribution in [0.5, 0.6) is 11.5 Å². The van der Waals surface area contributed by atoms with E-state index in [-0.39, 0.29) is 28.6 Å². The van der Waals surface area contributed by atoms with Crippen molar-refractivity contribution in [2.75, 3.05) is 46.8 Å². The van der Waals surface area contributed by atoms with Crippen LogP contribution in [-0.4, -0.2) is 70.2 Å². The Morgan fingerprint density at radius 2 is 1.53 bits per heavy atom.